The molecule has 1 nitrogen and oxygen atoms in total. The van der Waals surface area contributed by atoms with Crippen LogP contribution in [-0.4, -0.2) is 0 Å². The number of hydrogen-bond acceptors (Lipinski definition) is 2. The van der Waals surface area contributed by atoms with Crippen LogP contribution in [0.15, 0.2) is 0 Å². The molecule has 0 aliphatic heterocycles. The summed E-state index contributed by atoms with van der Waals surface area (Å²) in [4.78, 5) is 0. The van der Waals surface area contributed by atoms with Crippen LogP contribution in [0.3, 0.4) is 0 Å². The second kappa shape index (κ2) is 10.1. The van der Waals surface area contributed by atoms with Crippen LogP contribution >= 0.6 is 12.6 Å². The Bertz CT molecular complexity index is 29.5. The molecule has 0 bridgehead atoms. The summed E-state index contributed by atoms with van der Waals surface area (Å²) in [7, 11) is 0. The van der Waals surface area contributed by atoms with Gasteiger partial charge in [-0.25, -0.2) is 0 Å². The van der Waals surface area contributed by atoms with Gasteiger partial charge >= 0.3 is 17.1 Å². The molecule has 0 saturated heterocycles. The van der Waals surface area contributed by atoms with E-state index in [0.29, 0.717) is 0 Å². The van der Waals surface area contributed by atoms with Crippen LogP contribution in [0.1, 0.15) is 0 Å². The summed E-state index contributed by atoms with van der Waals surface area (Å²) in [5, 5.41) is 8.63. The van der Waals surface area contributed by atoms with E-state index in [-0.39, 0.29) is 17.1 Å². The Morgan fingerprint density at radius 2 is 1.75 bits per heavy atom. The Morgan fingerprint density at radius 3 is 1.75 bits per heavy atom. The maximum absolute atomic E-state index is 7.18. The minimum atomic E-state index is 0. The molecule has 0 rings (SSSR count). The van der Waals surface area contributed by atoms with Crippen LogP contribution in [0.4, 0.5) is 0 Å². The standard InChI is InChI=1S/CHNS.Mn/c2-1-3;/h3H;/q;+2. The van der Waals surface area contributed by atoms with Crippen molar-refractivity contribution in [3.05, 3.63) is 0 Å². The van der Waals surface area contributed by atoms with Gasteiger partial charge in [-0.05, 0) is 0 Å². The molecule has 0 aliphatic carbocycles. The summed E-state index contributed by atoms with van der Waals surface area (Å²) in [6.45, 7) is 0. The molecule has 0 unspecified atom stereocenters. The summed E-state index contributed by atoms with van der Waals surface area (Å²) in [5.74, 6) is 0. The van der Waals surface area contributed by atoms with Gasteiger partial charge in [0.05, 0.1) is 0 Å². The largest absolute Gasteiger partial charge is 2.00 e. The fourth-order valence-corrected chi connectivity index (χ4v) is 0. The molecule has 0 fully saturated rings. The maximum atomic E-state index is 7.18. The number of hydrogen-bond donors (Lipinski definition) is 1. The van der Waals surface area contributed by atoms with Crippen molar-refractivity contribution in [2.75, 3.05) is 0 Å². The van der Waals surface area contributed by atoms with Gasteiger partial charge in [-0.15, -0.1) is 0 Å². The first-order chi connectivity index (χ1) is 1.41. The van der Waals surface area contributed by atoms with Gasteiger partial charge in [-0.3, -0.25) is 0 Å². The normalized spacial score (nSPS) is 2.00. The van der Waals surface area contributed by atoms with E-state index >= 15 is 0 Å². The van der Waals surface area contributed by atoms with E-state index in [1.54, 1.807) is 0 Å². The SMILES string of the molecule is N#CS.[Mn+2]. The number of thiocyanates is 1. The van der Waals surface area contributed by atoms with Gasteiger partial charge in [0, 0.05) is 0 Å². The summed E-state index contributed by atoms with van der Waals surface area (Å²) >= 11 is 3.09. The average Bonchev–Trinajstić information content (AvgIpc) is 0.918. The van der Waals surface area contributed by atoms with E-state index in [1.165, 1.54) is 5.40 Å². The Kier molecular flexibility index (Phi) is 22.4. The summed E-state index contributed by atoms with van der Waals surface area (Å²) in [6.07, 6.45) is 0. The molecule has 0 aromatic rings. The molecule has 1 radical (unpaired) electrons. The molecule has 0 aliphatic rings. The quantitative estimate of drug-likeness (QED) is 0.275. The van der Waals surface area contributed by atoms with Crippen molar-refractivity contribution in [1.29, 1.82) is 5.26 Å². The van der Waals surface area contributed by atoms with Crippen LogP contribution in [0.25, 0.3) is 0 Å². The first-order valence-electron chi connectivity index (χ1n) is 0.447. The zero-order valence-electron chi connectivity index (χ0n) is 1.77. The predicted octanol–water partition coefficient (Wildman–Crippen LogP) is 0.395. The van der Waals surface area contributed by atoms with Crippen LogP contribution in [0, 0.1) is 10.7 Å². The van der Waals surface area contributed by atoms with Crippen molar-refractivity contribution < 1.29 is 17.1 Å². The molecular weight excluding hydrogens is 113 g/mol. The van der Waals surface area contributed by atoms with Gasteiger partial charge in [0.25, 0.3) is 0 Å². The van der Waals surface area contributed by atoms with Gasteiger partial charge < -0.3 is 0 Å². The number of rotatable bonds is 0. The van der Waals surface area contributed by atoms with Crippen LogP contribution in [-0.2, 0) is 17.1 Å². The molecule has 3 heteroatoms. The summed E-state index contributed by atoms with van der Waals surface area (Å²) in [5.41, 5.74) is 0. The molecule has 0 aromatic heterocycles. The molecule has 0 atom stereocenters. The van der Waals surface area contributed by atoms with E-state index < -0.39 is 0 Å². The van der Waals surface area contributed by atoms with Crippen LogP contribution in [0.2, 0.25) is 0 Å². The molecule has 4 heavy (non-hydrogen) atoms. The fraction of sp³-hybridized carbons (Fsp3) is 0. The Balaban J connectivity index is 0. The predicted molar refractivity (Wildman–Crippen MR) is 14.6 cm³/mol. The fourth-order valence-electron chi connectivity index (χ4n) is 0. The number of thiol groups is 1. The van der Waals surface area contributed by atoms with E-state index in [4.69, 9.17) is 5.26 Å². The van der Waals surface area contributed by atoms with Gasteiger partial charge in [-0.2, -0.15) is 5.26 Å². The van der Waals surface area contributed by atoms with Crippen molar-refractivity contribution in [2.45, 2.75) is 0 Å². The van der Waals surface area contributed by atoms with Crippen molar-refractivity contribution >= 4 is 12.6 Å². The minimum Gasteiger partial charge on any atom is -0.185 e. The summed E-state index contributed by atoms with van der Waals surface area (Å²) in [6, 6.07) is 0. The molecule has 0 heterocycles. The molecule has 0 amide bonds. The third-order valence-corrected chi connectivity index (χ3v) is 0. The van der Waals surface area contributed by atoms with Crippen molar-refractivity contribution in [3.8, 4) is 5.40 Å². The average molecular weight is 114 g/mol. The molecule has 0 aromatic carbocycles. The van der Waals surface area contributed by atoms with Gasteiger partial charge in [-0.1, -0.05) is 12.6 Å². The minimum absolute atomic E-state index is 0. The molecule has 0 spiro atoms. The topological polar surface area (TPSA) is 23.8 Å². The smallest absolute Gasteiger partial charge is 0.185 e. The zero-order chi connectivity index (χ0) is 2.71. The molecular formula is CHMnNS+2. The van der Waals surface area contributed by atoms with Gasteiger partial charge in [0.1, 0.15) is 5.40 Å². The van der Waals surface area contributed by atoms with Crippen LogP contribution in [0.5, 0.6) is 0 Å². The number of nitriles is 1. The number of nitrogens with zero attached hydrogens (tertiary/aromatic N) is 1. The van der Waals surface area contributed by atoms with Gasteiger partial charge in [0.2, 0.25) is 0 Å². The van der Waals surface area contributed by atoms with E-state index in [2.05, 4.69) is 12.6 Å². The first kappa shape index (κ1) is 8.84. The second-order valence-corrected chi connectivity index (χ2v) is 0.300. The van der Waals surface area contributed by atoms with E-state index in [0.717, 1.165) is 0 Å². The summed E-state index contributed by atoms with van der Waals surface area (Å²) < 4.78 is 0. The second-order valence-electron chi connectivity index (χ2n) is 0.100. The Hall–Kier alpha value is 0.359. The van der Waals surface area contributed by atoms with E-state index in [1.807, 2.05) is 0 Å². The van der Waals surface area contributed by atoms with Gasteiger partial charge in [0.15, 0.2) is 0 Å². The van der Waals surface area contributed by atoms with Crippen molar-refractivity contribution in [2.24, 2.45) is 0 Å². The monoisotopic (exact) mass is 114 g/mol. The Labute approximate surface area is 40.9 Å². The zero-order valence-corrected chi connectivity index (χ0v) is 3.85. The molecule has 0 saturated carbocycles. The first-order valence-corrected chi connectivity index (χ1v) is 0.894. The third kappa shape index (κ3) is 33.7. The Morgan fingerprint density at radius 1 is 1.75 bits per heavy atom. The van der Waals surface area contributed by atoms with E-state index in [9.17, 15) is 0 Å². The molecule has 0 N–H and O–H groups in total. The molecule has 21 valence electrons. The van der Waals surface area contributed by atoms with Crippen LogP contribution < -0.4 is 0 Å². The van der Waals surface area contributed by atoms with Crippen molar-refractivity contribution in [1.82, 2.24) is 0 Å². The van der Waals surface area contributed by atoms with Crippen molar-refractivity contribution in [3.63, 3.8) is 0 Å². The third-order valence-electron chi connectivity index (χ3n) is 0. The maximum Gasteiger partial charge on any atom is 2.00 e.